The highest BCUT2D eigenvalue weighted by Gasteiger charge is 2.03. The van der Waals surface area contributed by atoms with Crippen molar-refractivity contribution in [1.29, 1.82) is 0 Å². The third-order valence-corrected chi connectivity index (χ3v) is 3.06. The summed E-state index contributed by atoms with van der Waals surface area (Å²) in [5.74, 6) is 0. The summed E-state index contributed by atoms with van der Waals surface area (Å²) in [6.45, 7) is 5.93. The van der Waals surface area contributed by atoms with E-state index in [0.29, 0.717) is 6.04 Å². The topological polar surface area (TPSA) is 42.7 Å². The van der Waals surface area contributed by atoms with Gasteiger partial charge in [0.15, 0.2) is 0 Å². The fraction of sp³-hybridized carbons (Fsp3) is 0.455. The maximum atomic E-state index is 4.56. The van der Waals surface area contributed by atoms with E-state index in [1.54, 1.807) is 17.5 Å². The number of hydrogen-bond donors (Lipinski definition) is 1. The molecule has 2 rings (SSSR count). The first kappa shape index (κ1) is 11.3. The van der Waals surface area contributed by atoms with E-state index in [-0.39, 0.29) is 0 Å². The second-order valence-electron chi connectivity index (χ2n) is 4.00. The van der Waals surface area contributed by atoms with Gasteiger partial charge in [-0.2, -0.15) is 0 Å². The summed E-state index contributed by atoms with van der Waals surface area (Å²) in [5.41, 5.74) is 1.10. The average Bonchev–Trinajstić information content (AvgIpc) is 2.87. The maximum Gasteiger partial charge on any atom is 0.107 e. The Hall–Kier alpha value is -1.20. The number of aromatic nitrogens is 3. The van der Waals surface area contributed by atoms with Crippen molar-refractivity contribution in [2.24, 2.45) is 0 Å². The molecule has 0 unspecified atom stereocenters. The van der Waals surface area contributed by atoms with Crippen molar-refractivity contribution in [2.45, 2.75) is 33.0 Å². The first-order valence-corrected chi connectivity index (χ1v) is 6.24. The Morgan fingerprint density at radius 3 is 3.06 bits per heavy atom. The predicted octanol–water partition coefficient (Wildman–Crippen LogP) is 1.89. The molecule has 0 aliphatic heterocycles. The fourth-order valence-corrected chi connectivity index (χ4v) is 2.10. The van der Waals surface area contributed by atoms with Crippen LogP contribution in [0.3, 0.4) is 0 Å². The van der Waals surface area contributed by atoms with Crippen LogP contribution in [0, 0.1) is 0 Å². The van der Waals surface area contributed by atoms with E-state index in [1.165, 1.54) is 0 Å². The molecule has 2 heterocycles. The summed E-state index contributed by atoms with van der Waals surface area (Å²) < 4.78 is 2.02. The molecular weight excluding hydrogens is 220 g/mol. The number of rotatable bonds is 5. The summed E-state index contributed by atoms with van der Waals surface area (Å²) in [4.78, 5) is 8.58. The van der Waals surface area contributed by atoms with Crippen LogP contribution >= 0.6 is 11.3 Å². The number of thiazole rings is 1. The standard InChI is InChI=1S/C11H16N4S/c1-9(2)13-5-11-14-10(7-16-11)6-15-4-3-12-8-15/h3-4,7-9,13H,5-6H2,1-2H3. The van der Waals surface area contributed by atoms with Crippen molar-refractivity contribution in [2.75, 3.05) is 0 Å². The smallest absolute Gasteiger partial charge is 0.107 e. The van der Waals surface area contributed by atoms with Gasteiger partial charge in [0.25, 0.3) is 0 Å². The van der Waals surface area contributed by atoms with Crippen molar-refractivity contribution in [3.63, 3.8) is 0 Å². The normalized spacial score (nSPS) is 11.2. The Balaban J connectivity index is 1.92. The van der Waals surface area contributed by atoms with Crippen LogP contribution < -0.4 is 5.32 Å². The van der Waals surface area contributed by atoms with Crippen LogP contribution in [0.4, 0.5) is 0 Å². The van der Waals surface area contributed by atoms with Gasteiger partial charge in [-0.25, -0.2) is 9.97 Å². The first-order chi connectivity index (χ1) is 7.74. The highest BCUT2D eigenvalue weighted by Crippen LogP contribution is 2.10. The van der Waals surface area contributed by atoms with Gasteiger partial charge in [0.2, 0.25) is 0 Å². The SMILES string of the molecule is CC(C)NCc1nc(Cn2ccnc2)cs1. The van der Waals surface area contributed by atoms with E-state index in [0.717, 1.165) is 23.8 Å². The quantitative estimate of drug-likeness (QED) is 0.862. The summed E-state index contributed by atoms with van der Waals surface area (Å²) >= 11 is 1.71. The molecule has 0 amide bonds. The molecule has 1 N–H and O–H groups in total. The van der Waals surface area contributed by atoms with Crippen LogP contribution in [-0.4, -0.2) is 20.6 Å². The number of imidazole rings is 1. The van der Waals surface area contributed by atoms with Crippen molar-refractivity contribution >= 4 is 11.3 Å². The van der Waals surface area contributed by atoms with E-state index in [2.05, 4.69) is 34.5 Å². The Labute approximate surface area is 99.4 Å². The fourth-order valence-electron chi connectivity index (χ4n) is 1.36. The van der Waals surface area contributed by atoms with Gasteiger partial charge in [-0.15, -0.1) is 11.3 Å². The summed E-state index contributed by atoms with van der Waals surface area (Å²) in [7, 11) is 0. The minimum absolute atomic E-state index is 0.501. The molecule has 0 bridgehead atoms. The Morgan fingerprint density at radius 1 is 1.50 bits per heavy atom. The molecule has 0 saturated carbocycles. The van der Waals surface area contributed by atoms with Crippen molar-refractivity contribution < 1.29 is 0 Å². The van der Waals surface area contributed by atoms with E-state index in [4.69, 9.17) is 0 Å². The minimum Gasteiger partial charge on any atom is -0.331 e. The van der Waals surface area contributed by atoms with Gasteiger partial charge in [0.05, 0.1) is 18.6 Å². The van der Waals surface area contributed by atoms with Crippen LogP contribution in [0.2, 0.25) is 0 Å². The molecular formula is C11H16N4S. The van der Waals surface area contributed by atoms with Crippen molar-refractivity contribution in [3.05, 3.63) is 34.8 Å². The molecule has 16 heavy (non-hydrogen) atoms. The molecule has 4 nitrogen and oxygen atoms in total. The maximum absolute atomic E-state index is 4.56. The monoisotopic (exact) mass is 236 g/mol. The van der Waals surface area contributed by atoms with Gasteiger partial charge < -0.3 is 9.88 Å². The largest absolute Gasteiger partial charge is 0.331 e. The zero-order valence-electron chi connectivity index (χ0n) is 9.55. The third-order valence-electron chi connectivity index (χ3n) is 2.16. The number of nitrogens with one attached hydrogen (secondary N) is 1. The van der Waals surface area contributed by atoms with E-state index >= 15 is 0 Å². The molecule has 0 radical (unpaired) electrons. The Bertz CT molecular complexity index is 419. The van der Waals surface area contributed by atoms with Gasteiger partial charge in [0, 0.05) is 30.4 Å². The lowest BCUT2D eigenvalue weighted by Gasteiger charge is -2.04. The molecule has 86 valence electrons. The molecule has 0 aliphatic rings. The van der Waals surface area contributed by atoms with Crippen molar-refractivity contribution in [1.82, 2.24) is 19.9 Å². The molecule has 0 spiro atoms. The van der Waals surface area contributed by atoms with Gasteiger partial charge in [-0.05, 0) is 0 Å². The molecule has 5 heteroatoms. The van der Waals surface area contributed by atoms with E-state index in [9.17, 15) is 0 Å². The summed E-state index contributed by atoms with van der Waals surface area (Å²) in [6, 6.07) is 0.501. The molecule has 2 aromatic rings. The summed E-state index contributed by atoms with van der Waals surface area (Å²) in [5, 5.41) is 6.61. The van der Waals surface area contributed by atoms with Gasteiger partial charge in [-0.1, -0.05) is 13.8 Å². The van der Waals surface area contributed by atoms with Crippen LogP contribution in [0.25, 0.3) is 0 Å². The average molecular weight is 236 g/mol. The lowest BCUT2D eigenvalue weighted by molar-refractivity contribution is 0.586. The van der Waals surface area contributed by atoms with Crippen LogP contribution in [0.1, 0.15) is 24.5 Å². The lowest BCUT2D eigenvalue weighted by atomic mass is 10.4. The zero-order valence-corrected chi connectivity index (χ0v) is 10.4. The molecule has 0 saturated heterocycles. The highest BCUT2D eigenvalue weighted by molar-refractivity contribution is 7.09. The van der Waals surface area contributed by atoms with E-state index < -0.39 is 0 Å². The second-order valence-corrected chi connectivity index (χ2v) is 4.95. The summed E-state index contributed by atoms with van der Waals surface area (Å²) in [6.07, 6.45) is 5.55. The number of hydrogen-bond acceptors (Lipinski definition) is 4. The third kappa shape index (κ3) is 3.15. The van der Waals surface area contributed by atoms with Gasteiger partial charge >= 0.3 is 0 Å². The van der Waals surface area contributed by atoms with Crippen molar-refractivity contribution in [3.8, 4) is 0 Å². The first-order valence-electron chi connectivity index (χ1n) is 5.36. The minimum atomic E-state index is 0.501. The molecule has 0 fully saturated rings. The molecule has 0 atom stereocenters. The second kappa shape index (κ2) is 5.23. The predicted molar refractivity (Wildman–Crippen MR) is 65.4 cm³/mol. The molecule has 0 aliphatic carbocycles. The molecule has 0 aromatic carbocycles. The van der Waals surface area contributed by atoms with Crippen LogP contribution in [-0.2, 0) is 13.1 Å². The Morgan fingerprint density at radius 2 is 2.38 bits per heavy atom. The number of nitrogens with zero attached hydrogens (tertiary/aromatic N) is 3. The lowest BCUT2D eigenvalue weighted by Crippen LogP contribution is -2.21. The Kier molecular flexibility index (Phi) is 3.69. The van der Waals surface area contributed by atoms with Gasteiger partial charge in [-0.3, -0.25) is 0 Å². The molecule has 2 aromatic heterocycles. The zero-order chi connectivity index (χ0) is 11.4. The van der Waals surface area contributed by atoms with Crippen LogP contribution in [0.5, 0.6) is 0 Å². The van der Waals surface area contributed by atoms with E-state index in [1.807, 2.05) is 17.1 Å². The van der Waals surface area contributed by atoms with Gasteiger partial charge in [0.1, 0.15) is 5.01 Å². The van der Waals surface area contributed by atoms with Crippen LogP contribution in [0.15, 0.2) is 24.1 Å². The highest BCUT2D eigenvalue weighted by atomic mass is 32.1.